The fraction of sp³-hybridized carbons (Fsp3) is 0.480. The second-order valence-corrected chi connectivity index (χ2v) is 9.75. The highest BCUT2D eigenvalue weighted by Crippen LogP contribution is 2.54. The topological polar surface area (TPSA) is 60.8 Å². The van der Waals surface area contributed by atoms with E-state index < -0.39 is 17.6 Å². The second kappa shape index (κ2) is 9.91. The van der Waals surface area contributed by atoms with Gasteiger partial charge in [-0.1, -0.05) is 68.2 Å². The SMILES string of the molecule is CCC(CC)N1C(c2ccc(Cl)cc2)C(c2cccc(Cl)c2)C[C@](C)(CC(=O)O)C1O. The Hall–Kier alpha value is -1.59. The molecule has 31 heavy (non-hydrogen) atoms. The Morgan fingerprint density at radius 3 is 2.29 bits per heavy atom. The quantitative estimate of drug-likeness (QED) is 0.490. The lowest BCUT2D eigenvalue weighted by Crippen LogP contribution is -2.58. The summed E-state index contributed by atoms with van der Waals surface area (Å²) >= 11 is 12.5. The van der Waals surface area contributed by atoms with Gasteiger partial charge in [-0.3, -0.25) is 9.69 Å². The number of likely N-dealkylation sites (tertiary alicyclic amines) is 1. The number of carbonyl (C=O) groups is 1. The zero-order valence-electron chi connectivity index (χ0n) is 18.3. The number of aliphatic carboxylic acids is 1. The molecule has 1 aliphatic rings. The maximum atomic E-state index is 11.8. The van der Waals surface area contributed by atoms with Crippen LogP contribution in [0.2, 0.25) is 10.0 Å². The zero-order valence-corrected chi connectivity index (χ0v) is 19.8. The van der Waals surface area contributed by atoms with Crippen LogP contribution in [0.3, 0.4) is 0 Å². The standard InChI is InChI=1S/C25H31Cl2NO3/c1-4-20(5-2)28-23(16-9-11-18(26)12-10-16)21(17-7-6-8-19(27)13-17)14-25(3,24(28)31)15-22(29)30/h6-13,20-21,23-24,31H,4-5,14-15H2,1-3H3,(H,29,30)/t21?,23?,24?,25-/m1/s1. The maximum absolute atomic E-state index is 11.8. The van der Waals surface area contributed by atoms with Crippen LogP contribution in [-0.4, -0.2) is 33.4 Å². The number of benzene rings is 2. The van der Waals surface area contributed by atoms with Crippen molar-refractivity contribution in [1.29, 1.82) is 0 Å². The molecule has 4 nitrogen and oxygen atoms in total. The van der Waals surface area contributed by atoms with Crippen LogP contribution in [0.25, 0.3) is 0 Å². The summed E-state index contributed by atoms with van der Waals surface area (Å²) in [6, 6.07) is 15.5. The zero-order chi connectivity index (χ0) is 22.8. The van der Waals surface area contributed by atoms with E-state index in [1.54, 1.807) is 0 Å². The van der Waals surface area contributed by atoms with Gasteiger partial charge in [0.2, 0.25) is 0 Å². The van der Waals surface area contributed by atoms with Crippen LogP contribution in [0.4, 0.5) is 0 Å². The lowest BCUT2D eigenvalue weighted by Gasteiger charge is -2.55. The first-order chi connectivity index (χ1) is 14.7. The highest BCUT2D eigenvalue weighted by Gasteiger charge is 2.52. The monoisotopic (exact) mass is 463 g/mol. The number of aliphatic hydroxyl groups excluding tert-OH is 1. The Balaban J connectivity index is 2.21. The third-order valence-corrected chi connectivity index (χ3v) is 7.19. The van der Waals surface area contributed by atoms with Gasteiger partial charge in [-0.2, -0.15) is 0 Å². The summed E-state index contributed by atoms with van der Waals surface area (Å²) in [5.41, 5.74) is 1.30. The fourth-order valence-corrected chi connectivity index (χ4v) is 5.51. The molecule has 0 saturated carbocycles. The fourth-order valence-electron chi connectivity index (χ4n) is 5.19. The normalized spacial score (nSPS) is 26.9. The van der Waals surface area contributed by atoms with Gasteiger partial charge in [0.15, 0.2) is 0 Å². The Labute approximate surface area is 194 Å². The van der Waals surface area contributed by atoms with Gasteiger partial charge in [-0.25, -0.2) is 0 Å². The number of aliphatic hydroxyl groups is 1. The highest BCUT2D eigenvalue weighted by molar-refractivity contribution is 6.30. The molecule has 6 heteroatoms. The Bertz CT molecular complexity index is 900. The maximum Gasteiger partial charge on any atom is 0.304 e. The molecule has 3 rings (SSSR count). The minimum absolute atomic E-state index is 0.0341. The summed E-state index contributed by atoms with van der Waals surface area (Å²) in [5.74, 6) is -0.936. The number of hydrogen-bond acceptors (Lipinski definition) is 3. The van der Waals surface area contributed by atoms with Gasteiger partial charge < -0.3 is 10.2 Å². The van der Waals surface area contributed by atoms with Gasteiger partial charge in [-0.05, 0) is 54.7 Å². The van der Waals surface area contributed by atoms with E-state index in [2.05, 4.69) is 18.7 Å². The van der Waals surface area contributed by atoms with Gasteiger partial charge in [0.25, 0.3) is 0 Å². The number of carboxylic acids is 1. The van der Waals surface area contributed by atoms with Crippen molar-refractivity contribution < 1.29 is 15.0 Å². The van der Waals surface area contributed by atoms with Crippen LogP contribution in [0.1, 0.15) is 69.5 Å². The smallest absolute Gasteiger partial charge is 0.304 e. The van der Waals surface area contributed by atoms with Crippen LogP contribution in [-0.2, 0) is 4.79 Å². The molecule has 2 aromatic carbocycles. The number of carboxylic acid groups (broad SMARTS) is 1. The lowest BCUT2D eigenvalue weighted by atomic mass is 9.66. The highest BCUT2D eigenvalue weighted by atomic mass is 35.5. The average Bonchev–Trinajstić information content (AvgIpc) is 2.72. The summed E-state index contributed by atoms with van der Waals surface area (Å²) in [6.07, 6.45) is 1.25. The van der Waals surface area contributed by atoms with Crippen LogP contribution < -0.4 is 0 Å². The van der Waals surface area contributed by atoms with Gasteiger partial charge in [0.1, 0.15) is 6.23 Å². The molecule has 2 N–H and O–H groups in total. The van der Waals surface area contributed by atoms with Crippen molar-refractivity contribution in [1.82, 2.24) is 4.90 Å². The van der Waals surface area contributed by atoms with Crippen LogP contribution in [0.5, 0.6) is 0 Å². The Kier molecular flexibility index (Phi) is 7.69. The van der Waals surface area contributed by atoms with Crippen molar-refractivity contribution in [2.75, 3.05) is 0 Å². The summed E-state index contributed by atoms with van der Waals surface area (Å²) in [6.45, 7) is 6.10. The number of piperidine rings is 1. The van der Waals surface area contributed by atoms with Crippen molar-refractivity contribution in [3.63, 3.8) is 0 Å². The largest absolute Gasteiger partial charge is 0.481 e. The van der Waals surface area contributed by atoms with Crippen molar-refractivity contribution in [2.24, 2.45) is 5.41 Å². The van der Waals surface area contributed by atoms with E-state index in [-0.39, 0.29) is 24.4 Å². The second-order valence-electron chi connectivity index (χ2n) is 8.88. The average molecular weight is 464 g/mol. The first-order valence-electron chi connectivity index (χ1n) is 10.9. The number of hydrogen-bond donors (Lipinski definition) is 2. The molecule has 0 aliphatic carbocycles. The number of nitrogens with zero attached hydrogens (tertiary/aromatic N) is 1. The van der Waals surface area contributed by atoms with Crippen molar-refractivity contribution >= 4 is 29.2 Å². The van der Waals surface area contributed by atoms with E-state index in [4.69, 9.17) is 23.2 Å². The third kappa shape index (κ3) is 5.09. The van der Waals surface area contributed by atoms with E-state index in [0.717, 1.165) is 24.0 Å². The molecule has 2 aromatic rings. The minimum atomic E-state index is -0.902. The number of halogens is 2. The molecular weight excluding hydrogens is 433 g/mol. The van der Waals surface area contributed by atoms with Gasteiger partial charge in [0, 0.05) is 33.5 Å². The van der Waals surface area contributed by atoms with E-state index in [0.29, 0.717) is 16.5 Å². The molecule has 0 bridgehead atoms. The molecule has 1 aliphatic heterocycles. The van der Waals surface area contributed by atoms with E-state index in [1.165, 1.54) is 0 Å². The Morgan fingerprint density at radius 1 is 1.10 bits per heavy atom. The summed E-state index contributed by atoms with van der Waals surface area (Å²) in [4.78, 5) is 13.9. The van der Waals surface area contributed by atoms with E-state index in [1.807, 2.05) is 55.5 Å². The van der Waals surface area contributed by atoms with Crippen molar-refractivity contribution in [3.05, 3.63) is 69.7 Å². The summed E-state index contributed by atoms with van der Waals surface area (Å²) < 4.78 is 0. The first kappa shape index (κ1) is 24.1. The van der Waals surface area contributed by atoms with Gasteiger partial charge in [0.05, 0.1) is 6.42 Å². The summed E-state index contributed by atoms with van der Waals surface area (Å²) in [7, 11) is 0. The predicted molar refractivity (Wildman–Crippen MR) is 126 cm³/mol. The molecule has 168 valence electrons. The minimum Gasteiger partial charge on any atom is -0.481 e. The summed E-state index contributed by atoms with van der Waals surface area (Å²) in [5, 5.41) is 22.5. The van der Waals surface area contributed by atoms with E-state index in [9.17, 15) is 15.0 Å². The molecule has 0 aromatic heterocycles. The predicted octanol–water partition coefficient (Wildman–Crippen LogP) is 6.51. The lowest BCUT2D eigenvalue weighted by molar-refractivity contribution is -0.178. The number of rotatable bonds is 7. The molecule has 3 unspecified atom stereocenters. The van der Waals surface area contributed by atoms with Gasteiger partial charge in [-0.15, -0.1) is 0 Å². The molecule has 0 radical (unpaired) electrons. The van der Waals surface area contributed by atoms with E-state index >= 15 is 0 Å². The molecule has 1 saturated heterocycles. The van der Waals surface area contributed by atoms with Crippen molar-refractivity contribution in [3.8, 4) is 0 Å². The molecule has 0 amide bonds. The first-order valence-corrected chi connectivity index (χ1v) is 11.6. The van der Waals surface area contributed by atoms with Crippen LogP contribution >= 0.6 is 23.2 Å². The Morgan fingerprint density at radius 2 is 1.74 bits per heavy atom. The molecular formula is C25H31Cl2NO3. The van der Waals surface area contributed by atoms with Crippen LogP contribution in [0.15, 0.2) is 48.5 Å². The molecule has 1 fully saturated rings. The van der Waals surface area contributed by atoms with Crippen LogP contribution in [0, 0.1) is 5.41 Å². The molecule has 1 heterocycles. The molecule has 0 spiro atoms. The van der Waals surface area contributed by atoms with Gasteiger partial charge >= 0.3 is 5.97 Å². The third-order valence-electron chi connectivity index (χ3n) is 6.70. The van der Waals surface area contributed by atoms with Crippen molar-refractivity contribution in [2.45, 2.75) is 70.7 Å². The molecule has 4 atom stereocenters.